The molecule has 1 aliphatic rings. The van der Waals surface area contributed by atoms with E-state index < -0.39 is 0 Å². The lowest BCUT2D eigenvalue weighted by atomic mass is 10.0. The van der Waals surface area contributed by atoms with Crippen molar-refractivity contribution in [3.63, 3.8) is 0 Å². The summed E-state index contributed by atoms with van der Waals surface area (Å²) in [5.74, 6) is 1.74. The zero-order valence-electron chi connectivity index (χ0n) is 13.8. The third-order valence-electron chi connectivity index (χ3n) is 4.16. The monoisotopic (exact) mass is 290 g/mol. The molecule has 3 nitrogen and oxygen atoms in total. The zero-order valence-corrected chi connectivity index (χ0v) is 13.8. The largest absolute Gasteiger partial charge is 0.494 e. The van der Waals surface area contributed by atoms with Crippen molar-refractivity contribution in [2.45, 2.75) is 52.5 Å². The molecule has 1 atom stereocenters. The molecule has 2 N–H and O–H groups in total. The number of ether oxygens (including phenoxy) is 1. The molecule has 0 bridgehead atoms. The van der Waals surface area contributed by atoms with Crippen LogP contribution in [0.3, 0.4) is 0 Å². The molecule has 1 aliphatic heterocycles. The fraction of sp³-hybridized carbons (Fsp3) is 0.667. The molecule has 0 amide bonds. The van der Waals surface area contributed by atoms with Crippen molar-refractivity contribution in [3.8, 4) is 5.75 Å². The Bertz CT molecular complexity index is 445. The Balaban J connectivity index is 1.91. The lowest BCUT2D eigenvalue weighted by molar-refractivity contribution is 0.297. The van der Waals surface area contributed by atoms with Crippen LogP contribution in [0.1, 0.15) is 45.1 Å². The van der Waals surface area contributed by atoms with Crippen molar-refractivity contribution in [3.05, 3.63) is 23.8 Å². The lowest BCUT2D eigenvalue weighted by Gasteiger charge is -2.33. The first-order chi connectivity index (χ1) is 10.1. The second-order valence-corrected chi connectivity index (χ2v) is 6.68. The summed E-state index contributed by atoms with van der Waals surface area (Å²) in [4.78, 5) is 2.41. The SMILES string of the molecule is Cc1cc(OCCCC(C)C)ccc1N1CCCC(N)C1. The van der Waals surface area contributed by atoms with Gasteiger partial charge in [0.15, 0.2) is 0 Å². The van der Waals surface area contributed by atoms with E-state index in [0.29, 0.717) is 6.04 Å². The topological polar surface area (TPSA) is 38.5 Å². The maximum Gasteiger partial charge on any atom is 0.119 e. The van der Waals surface area contributed by atoms with Gasteiger partial charge in [-0.15, -0.1) is 0 Å². The van der Waals surface area contributed by atoms with Crippen molar-refractivity contribution in [2.75, 3.05) is 24.6 Å². The maximum atomic E-state index is 6.08. The Morgan fingerprint density at radius 2 is 2.19 bits per heavy atom. The molecule has 0 spiro atoms. The molecule has 1 heterocycles. The average Bonchev–Trinajstić information content (AvgIpc) is 2.43. The first-order valence-corrected chi connectivity index (χ1v) is 8.30. The van der Waals surface area contributed by atoms with Gasteiger partial charge < -0.3 is 15.4 Å². The smallest absolute Gasteiger partial charge is 0.119 e. The first-order valence-electron chi connectivity index (χ1n) is 8.30. The number of rotatable bonds is 6. The number of hydrogen-bond donors (Lipinski definition) is 1. The number of benzene rings is 1. The number of nitrogens with zero attached hydrogens (tertiary/aromatic N) is 1. The molecule has 0 radical (unpaired) electrons. The minimum Gasteiger partial charge on any atom is -0.494 e. The molecule has 0 aromatic heterocycles. The van der Waals surface area contributed by atoms with Gasteiger partial charge >= 0.3 is 0 Å². The predicted molar refractivity (Wildman–Crippen MR) is 90.2 cm³/mol. The maximum absolute atomic E-state index is 6.08. The third kappa shape index (κ3) is 4.92. The number of nitrogens with two attached hydrogens (primary N) is 1. The summed E-state index contributed by atoms with van der Waals surface area (Å²) in [6, 6.07) is 6.75. The van der Waals surface area contributed by atoms with Gasteiger partial charge in [0.2, 0.25) is 0 Å². The molecule has 0 saturated carbocycles. The van der Waals surface area contributed by atoms with E-state index in [4.69, 9.17) is 10.5 Å². The van der Waals surface area contributed by atoms with Crippen molar-refractivity contribution in [2.24, 2.45) is 11.7 Å². The Labute approximate surface area is 129 Å². The van der Waals surface area contributed by atoms with Gasteiger partial charge in [-0.1, -0.05) is 13.8 Å². The molecular formula is C18H30N2O. The second-order valence-electron chi connectivity index (χ2n) is 6.68. The Hall–Kier alpha value is -1.22. The molecule has 1 aromatic rings. The van der Waals surface area contributed by atoms with Crippen LogP contribution >= 0.6 is 0 Å². The molecule has 21 heavy (non-hydrogen) atoms. The third-order valence-corrected chi connectivity index (χ3v) is 4.16. The number of aryl methyl sites for hydroxylation is 1. The molecular weight excluding hydrogens is 260 g/mol. The van der Waals surface area contributed by atoms with Crippen LogP contribution in [-0.2, 0) is 0 Å². The van der Waals surface area contributed by atoms with Gasteiger partial charge in [-0.2, -0.15) is 0 Å². The highest BCUT2D eigenvalue weighted by molar-refractivity contribution is 5.56. The summed E-state index contributed by atoms with van der Waals surface area (Å²) in [6.45, 7) is 9.56. The van der Waals surface area contributed by atoms with Gasteiger partial charge in [-0.3, -0.25) is 0 Å². The summed E-state index contributed by atoms with van der Waals surface area (Å²) < 4.78 is 5.86. The highest BCUT2D eigenvalue weighted by Crippen LogP contribution is 2.27. The summed E-state index contributed by atoms with van der Waals surface area (Å²) in [5.41, 5.74) is 8.67. The molecule has 118 valence electrons. The first kappa shape index (κ1) is 16.2. The van der Waals surface area contributed by atoms with Crippen LogP contribution in [0.2, 0.25) is 0 Å². The standard InChI is InChI=1S/C18H30N2O/c1-14(2)6-5-11-21-17-8-9-18(15(3)12-17)20-10-4-7-16(19)13-20/h8-9,12,14,16H,4-7,10-11,13,19H2,1-3H3. The molecule has 1 saturated heterocycles. The second kappa shape index (κ2) is 7.69. The summed E-state index contributed by atoms with van der Waals surface area (Å²) in [7, 11) is 0. The number of hydrogen-bond acceptors (Lipinski definition) is 3. The molecule has 1 aromatic carbocycles. The molecule has 1 unspecified atom stereocenters. The van der Waals surface area contributed by atoms with E-state index in [1.54, 1.807) is 0 Å². The summed E-state index contributed by atoms with van der Waals surface area (Å²) >= 11 is 0. The highest BCUT2D eigenvalue weighted by Gasteiger charge is 2.18. The van der Waals surface area contributed by atoms with E-state index >= 15 is 0 Å². The van der Waals surface area contributed by atoms with Crippen LogP contribution in [0.15, 0.2) is 18.2 Å². The van der Waals surface area contributed by atoms with Gasteiger partial charge in [0.05, 0.1) is 6.61 Å². The fourth-order valence-corrected chi connectivity index (χ4v) is 2.98. The van der Waals surface area contributed by atoms with Crippen molar-refractivity contribution >= 4 is 5.69 Å². The van der Waals surface area contributed by atoms with Gasteiger partial charge in [0.25, 0.3) is 0 Å². The summed E-state index contributed by atoms with van der Waals surface area (Å²) in [6.07, 6.45) is 4.68. The van der Waals surface area contributed by atoms with Crippen LogP contribution in [0.25, 0.3) is 0 Å². The zero-order chi connectivity index (χ0) is 15.2. The van der Waals surface area contributed by atoms with E-state index in [0.717, 1.165) is 44.2 Å². The quantitative estimate of drug-likeness (QED) is 0.811. The Morgan fingerprint density at radius 3 is 2.86 bits per heavy atom. The summed E-state index contributed by atoms with van der Waals surface area (Å²) in [5, 5.41) is 0. The predicted octanol–water partition coefficient (Wildman–Crippen LogP) is 3.74. The fourth-order valence-electron chi connectivity index (χ4n) is 2.98. The molecule has 3 heteroatoms. The van der Waals surface area contributed by atoms with Crippen molar-refractivity contribution < 1.29 is 4.74 Å². The molecule has 1 fully saturated rings. The van der Waals surface area contributed by atoms with Gasteiger partial charge in [-0.25, -0.2) is 0 Å². The van der Waals surface area contributed by atoms with Crippen molar-refractivity contribution in [1.82, 2.24) is 0 Å². The number of anilines is 1. The van der Waals surface area contributed by atoms with Gasteiger partial charge in [0.1, 0.15) is 5.75 Å². The normalized spacial score (nSPS) is 19.1. The van der Waals surface area contributed by atoms with Crippen LogP contribution in [0, 0.1) is 12.8 Å². The molecule has 0 aliphatic carbocycles. The van der Waals surface area contributed by atoms with Gasteiger partial charge in [-0.05, 0) is 62.3 Å². The van der Waals surface area contributed by atoms with Crippen LogP contribution in [0.4, 0.5) is 5.69 Å². The Morgan fingerprint density at radius 1 is 1.38 bits per heavy atom. The lowest BCUT2D eigenvalue weighted by Crippen LogP contribution is -2.43. The Kier molecular flexibility index (Phi) is 5.92. The van der Waals surface area contributed by atoms with Gasteiger partial charge in [0, 0.05) is 24.8 Å². The average molecular weight is 290 g/mol. The van der Waals surface area contributed by atoms with E-state index in [9.17, 15) is 0 Å². The van der Waals surface area contributed by atoms with E-state index in [1.807, 2.05) is 0 Å². The van der Waals surface area contributed by atoms with E-state index in [-0.39, 0.29) is 0 Å². The molecule has 2 rings (SSSR count). The van der Waals surface area contributed by atoms with Crippen molar-refractivity contribution in [1.29, 1.82) is 0 Å². The minimum atomic E-state index is 0.310. The van der Waals surface area contributed by atoms with Crippen LogP contribution in [0.5, 0.6) is 5.75 Å². The van der Waals surface area contributed by atoms with Crippen LogP contribution < -0.4 is 15.4 Å². The number of piperidine rings is 1. The van der Waals surface area contributed by atoms with Crippen LogP contribution in [-0.4, -0.2) is 25.7 Å². The van der Waals surface area contributed by atoms with E-state index in [2.05, 4.69) is 43.9 Å². The highest BCUT2D eigenvalue weighted by atomic mass is 16.5. The van der Waals surface area contributed by atoms with E-state index in [1.165, 1.54) is 24.1 Å². The minimum absolute atomic E-state index is 0.310.